The molecule has 0 aliphatic rings. The van der Waals surface area contributed by atoms with Crippen LogP contribution in [-0.4, -0.2) is 27.1 Å². The monoisotopic (exact) mass is 375 g/mol. The summed E-state index contributed by atoms with van der Waals surface area (Å²) in [4.78, 5) is 19.8. The maximum Gasteiger partial charge on any atom is 0.310 e. The Morgan fingerprint density at radius 3 is 2.54 bits per heavy atom. The Hall–Kier alpha value is -3.54. The Morgan fingerprint density at radius 2 is 1.82 bits per heavy atom. The molecule has 0 bridgehead atoms. The molecule has 0 fully saturated rings. The summed E-state index contributed by atoms with van der Waals surface area (Å²) in [7, 11) is 0. The highest BCUT2D eigenvalue weighted by Gasteiger charge is 2.09. The van der Waals surface area contributed by atoms with E-state index >= 15 is 0 Å². The summed E-state index contributed by atoms with van der Waals surface area (Å²) >= 11 is 0. The smallest absolute Gasteiger partial charge is 0.310 e. The number of imidazole rings is 1. The third-order valence-corrected chi connectivity index (χ3v) is 4.48. The molecule has 4 aromatic rings. The third-order valence-electron chi connectivity index (χ3n) is 4.48. The molecule has 0 atom stereocenters. The van der Waals surface area contributed by atoms with Crippen molar-refractivity contribution in [2.24, 2.45) is 0 Å². The van der Waals surface area contributed by atoms with E-state index in [4.69, 9.17) is 4.74 Å². The highest BCUT2D eigenvalue weighted by Crippen LogP contribution is 2.25. The first-order valence-corrected chi connectivity index (χ1v) is 8.98. The largest absolute Gasteiger partial charge is 0.466 e. The first kappa shape index (κ1) is 17.9. The first-order chi connectivity index (χ1) is 13.6. The van der Waals surface area contributed by atoms with Crippen LogP contribution in [-0.2, 0) is 16.0 Å². The Balaban J connectivity index is 1.61. The average Bonchev–Trinajstić information content (AvgIpc) is 3.12. The average molecular weight is 375 g/mol. The number of rotatable bonds is 5. The molecule has 0 aliphatic carbocycles. The van der Waals surface area contributed by atoms with Gasteiger partial charge in [-0.25, -0.2) is 9.97 Å². The molecule has 0 unspecified atom stereocenters. The zero-order chi connectivity index (χ0) is 19.5. The minimum Gasteiger partial charge on any atom is -0.466 e. The molecule has 140 valence electrons. The van der Waals surface area contributed by atoms with Crippen LogP contribution in [0.3, 0.4) is 0 Å². The number of pyridine rings is 1. The second-order valence-electron chi connectivity index (χ2n) is 6.34. The number of aromatic nitrogens is 3. The normalized spacial score (nSPS) is 10.9. The van der Waals surface area contributed by atoms with Crippen LogP contribution in [0.2, 0.25) is 0 Å². The molecule has 0 spiro atoms. The minimum absolute atomic E-state index is 0.230. The number of hydrogen-bond donors (Lipinski definition) is 0. The minimum atomic E-state index is -0.500. The topological polar surface area (TPSA) is 57.0 Å². The van der Waals surface area contributed by atoms with Crippen LogP contribution in [0.4, 0.5) is 4.39 Å². The maximum atomic E-state index is 13.0. The molecule has 4 rings (SSSR count). The van der Waals surface area contributed by atoms with Crippen molar-refractivity contribution >= 4 is 17.0 Å². The molecule has 5 nitrogen and oxygen atoms in total. The van der Waals surface area contributed by atoms with Crippen LogP contribution in [0, 0.1) is 5.95 Å². The van der Waals surface area contributed by atoms with Gasteiger partial charge in [-0.1, -0.05) is 18.2 Å². The molecule has 0 saturated heterocycles. The number of esters is 1. The fraction of sp³-hybridized carbons (Fsp3) is 0.136. The van der Waals surface area contributed by atoms with E-state index in [2.05, 4.69) is 9.97 Å². The van der Waals surface area contributed by atoms with E-state index in [0.717, 1.165) is 33.4 Å². The number of halogens is 1. The van der Waals surface area contributed by atoms with Crippen molar-refractivity contribution in [3.05, 3.63) is 78.6 Å². The van der Waals surface area contributed by atoms with Crippen LogP contribution < -0.4 is 0 Å². The molecular weight excluding hydrogens is 357 g/mol. The predicted octanol–water partition coefficient (Wildman–Crippen LogP) is 4.33. The van der Waals surface area contributed by atoms with Gasteiger partial charge >= 0.3 is 5.97 Å². The fourth-order valence-corrected chi connectivity index (χ4v) is 3.10. The maximum absolute atomic E-state index is 13.0. The van der Waals surface area contributed by atoms with Crippen LogP contribution in [0.1, 0.15) is 12.5 Å². The molecular formula is C22H18FN3O2. The number of carbonyl (C=O) groups is 1. The van der Waals surface area contributed by atoms with Crippen molar-refractivity contribution in [2.75, 3.05) is 6.61 Å². The lowest BCUT2D eigenvalue weighted by atomic mass is 10.1. The predicted molar refractivity (Wildman–Crippen MR) is 105 cm³/mol. The Bertz CT molecular complexity index is 1120. The van der Waals surface area contributed by atoms with Gasteiger partial charge in [-0.15, -0.1) is 0 Å². The van der Waals surface area contributed by atoms with E-state index in [1.807, 2.05) is 47.0 Å². The van der Waals surface area contributed by atoms with Gasteiger partial charge in [0.25, 0.3) is 0 Å². The Kier molecular flexibility index (Phi) is 4.85. The number of carbonyl (C=O) groups excluding carboxylic acids is 1. The van der Waals surface area contributed by atoms with Gasteiger partial charge in [0, 0.05) is 17.4 Å². The van der Waals surface area contributed by atoms with Gasteiger partial charge < -0.3 is 4.74 Å². The van der Waals surface area contributed by atoms with E-state index < -0.39 is 5.95 Å². The summed E-state index contributed by atoms with van der Waals surface area (Å²) in [5.41, 5.74) is 5.40. The molecule has 2 heterocycles. The van der Waals surface area contributed by atoms with Gasteiger partial charge in [-0.05, 0) is 54.4 Å². The summed E-state index contributed by atoms with van der Waals surface area (Å²) in [5, 5.41) is 0. The number of nitrogens with zero attached hydrogens (tertiary/aromatic N) is 3. The molecule has 6 heteroatoms. The van der Waals surface area contributed by atoms with Gasteiger partial charge in [0.15, 0.2) is 0 Å². The molecule has 0 N–H and O–H groups in total. The summed E-state index contributed by atoms with van der Waals surface area (Å²) < 4.78 is 20.0. The van der Waals surface area contributed by atoms with Crippen LogP contribution in [0.25, 0.3) is 27.8 Å². The van der Waals surface area contributed by atoms with E-state index in [9.17, 15) is 9.18 Å². The highest BCUT2D eigenvalue weighted by molar-refractivity contribution is 5.83. The summed E-state index contributed by atoms with van der Waals surface area (Å²) in [6.07, 6.45) is 3.53. The molecule has 0 radical (unpaired) electrons. The van der Waals surface area contributed by atoms with Crippen LogP contribution in [0.5, 0.6) is 0 Å². The quantitative estimate of drug-likeness (QED) is 0.385. The van der Waals surface area contributed by atoms with Gasteiger partial charge in [-0.2, -0.15) is 4.39 Å². The highest BCUT2D eigenvalue weighted by atomic mass is 19.1. The summed E-state index contributed by atoms with van der Waals surface area (Å²) in [6, 6.07) is 16.7. The van der Waals surface area contributed by atoms with Crippen molar-refractivity contribution in [3.8, 4) is 16.8 Å². The van der Waals surface area contributed by atoms with Crippen LogP contribution >= 0.6 is 0 Å². The van der Waals surface area contributed by atoms with Gasteiger partial charge in [-0.3, -0.25) is 9.36 Å². The standard InChI is InChI=1S/C22H18FN3O2/c1-2-28-22(27)11-15-3-7-18(8-4-15)26-14-25-19-12-16(5-9-20(19)26)17-6-10-21(23)24-13-17/h3-10,12-14H,2,11H2,1H3. The van der Waals surface area contributed by atoms with Gasteiger partial charge in [0.2, 0.25) is 5.95 Å². The molecule has 0 saturated carbocycles. The molecule has 28 heavy (non-hydrogen) atoms. The van der Waals surface area contributed by atoms with Gasteiger partial charge in [0.1, 0.15) is 6.33 Å². The van der Waals surface area contributed by atoms with E-state index in [1.54, 1.807) is 19.3 Å². The van der Waals surface area contributed by atoms with Crippen molar-refractivity contribution in [1.82, 2.24) is 14.5 Å². The lowest BCUT2D eigenvalue weighted by molar-refractivity contribution is -0.142. The van der Waals surface area contributed by atoms with Crippen molar-refractivity contribution < 1.29 is 13.9 Å². The lowest BCUT2D eigenvalue weighted by Crippen LogP contribution is -2.07. The SMILES string of the molecule is CCOC(=O)Cc1ccc(-n2cnc3cc(-c4ccc(F)nc4)ccc32)cc1. The van der Waals surface area contributed by atoms with E-state index in [-0.39, 0.29) is 12.4 Å². The summed E-state index contributed by atoms with van der Waals surface area (Å²) in [6.45, 7) is 2.18. The molecule has 2 aromatic heterocycles. The number of benzene rings is 2. The van der Waals surface area contributed by atoms with Gasteiger partial charge in [0.05, 0.1) is 24.1 Å². The Morgan fingerprint density at radius 1 is 1.04 bits per heavy atom. The molecule has 2 aromatic carbocycles. The number of fused-ring (bicyclic) bond motifs is 1. The second kappa shape index (κ2) is 7.60. The Labute approximate surface area is 161 Å². The zero-order valence-corrected chi connectivity index (χ0v) is 15.3. The molecule has 0 amide bonds. The van der Waals surface area contributed by atoms with Crippen molar-refractivity contribution in [1.29, 1.82) is 0 Å². The summed E-state index contributed by atoms with van der Waals surface area (Å²) in [5.74, 6) is -0.730. The lowest BCUT2D eigenvalue weighted by Gasteiger charge is -2.07. The fourth-order valence-electron chi connectivity index (χ4n) is 3.10. The first-order valence-electron chi connectivity index (χ1n) is 8.98. The van der Waals surface area contributed by atoms with Crippen molar-refractivity contribution in [3.63, 3.8) is 0 Å². The molecule has 0 aliphatic heterocycles. The zero-order valence-electron chi connectivity index (χ0n) is 15.3. The van der Waals surface area contributed by atoms with E-state index in [1.165, 1.54) is 12.3 Å². The van der Waals surface area contributed by atoms with E-state index in [0.29, 0.717) is 6.61 Å². The second-order valence-corrected chi connectivity index (χ2v) is 6.34. The number of hydrogen-bond acceptors (Lipinski definition) is 4. The number of ether oxygens (including phenoxy) is 1. The van der Waals surface area contributed by atoms with Crippen LogP contribution in [0.15, 0.2) is 67.1 Å². The van der Waals surface area contributed by atoms with Crippen molar-refractivity contribution in [2.45, 2.75) is 13.3 Å². The third kappa shape index (κ3) is 3.62.